The monoisotopic (exact) mass is 437 g/mol. The summed E-state index contributed by atoms with van der Waals surface area (Å²) < 4.78 is 19.6. The lowest BCUT2D eigenvalue weighted by Crippen LogP contribution is -2.16. The number of fused-ring (bicyclic) bond motifs is 4. The first-order valence-corrected chi connectivity index (χ1v) is 11.0. The number of para-hydroxylation sites is 1. The molecular weight excluding hydrogens is 414 g/mol. The number of ether oxygens (including phenoxy) is 3. The van der Waals surface area contributed by atoms with Crippen LogP contribution in [0.3, 0.4) is 0 Å². The molecule has 0 N–H and O–H groups in total. The van der Waals surface area contributed by atoms with Crippen molar-refractivity contribution in [3.8, 4) is 39.8 Å². The summed E-state index contributed by atoms with van der Waals surface area (Å²) in [5.41, 5.74) is 7.08. The summed E-state index contributed by atoms with van der Waals surface area (Å²) in [7, 11) is 1.70. The first-order chi connectivity index (χ1) is 16.2. The highest BCUT2D eigenvalue weighted by molar-refractivity contribution is 5.99. The van der Waals surface area contributed by atoms with E-state index in [1.807, 2.05) is 30.3 Å². The number of pyridine rings is 1. The van der Waals surface area contributed by atoms with Crippen molar-refractivity contribution in [1.82, 2.24) is 14.8 Å². The van der Waals surface area contributed by atoms with Crippen molar-refractivity contribution >= 4 is 10.9 Å². The normalized spacial score (nSPS) is 12.9. The lowest BCUT2D eigenvalue weighted by atomic mass is 10.0. The SMILES string of the molecule is COc1ccccc1Cn1cc2c(-c3ccc(C)cc3)nnc-2c2cc3c(cc21)OCCO3. The Balaban J connectivity index is 1.60. The smallest absolute Gasteiger partial charge is 0.163 e. The fraction of sp³-hybridized carbons (Fsp3) is 0.185. The highest BCUT2D eigenvalue weighted by Crippen LogP contribution is 2.42. The summed E-state index contributed by atoms with van der Waals surface area (Å²) in [5, 5.41) is 10.2. The predicted molar refractivity (Wildman–Crippen MR) is 127 cm³/mol. The van der Waals surface area contributed by atoms with Crippen LogP contribution in [0.15, 0.2) is 66.9 Å². The average Bonchev–Trinajstić information content (AvgIpc) is 3.28. The number of benzene rings is 3. The van der Waals surface area contributed by atoms with Gasteiger partial charge in [0.2, 0.25) is 0 Å². The van der Waals surface area contributed by atoms with Crippen molar-refractivity contribution in [2.75, 3.05) is 20.3 Å². The molecule has 0 amide bonds. The summed E-state index contributed by atoms with van der Waals surface area (Å²) in [6, 6.07) is 20.5. The molecule has 164 valence electrons. The second kappa shape index (κ2) is 7.81. The molecule has 0 atom stereocenters. The molecule has 3 aromatic carbocycles. The number of aryl methyl sites for hydroxylation is 1. The van der Waals surface area contributed by atoms with Crippen LogP contribution in [-0.2, 0) is 6.54 Å². The largest absolute Gasteiger partial charge is 0.496 e. The fourth-order valence-corrected chi connectivity index (χ4v) is 4.44. The summed E-state index contributed by atoms with van der Waals surface area (Å²) in [6.07, 6.45) is 2.13. The number of hydrogen-bond donors (Lipinski definition) is 0. The zero-order valence-electron chi connectivity index (χ0n) is 18.5. The minimum absolute atomic E-state index is 0.539. The molecule has 0 saturated heterocycles. The Bertz CT molecular complexity index is 1440. The molecule has 3 aliphatic rings. The molecule has 3 aromatic rings. The molecule has 3 heterocycles. The topological polar surface area (TPSA) is 58.4 Å². The second-order valence-electron chi connectivity index (χ2n) is 8.26. The molecule has 6 nitrogen and oxygen atoms in total. The molecule has 0 radical (unpaired) electrons. The Labute approximate surface area is 191 Å². The highest BCUT2D eigenvalue weighted by atomic mass is 16.6. The quantitative estimate of drug-likeness (QED) is 0.380. The summed E-state index contributed by atoms with van der Waals surface area (Å²) in [6.45, 7) is 3.80. The molecule has 0 fully saturated rings. The third-order valence-corrected chi connectivity index (χ3v) is 6.13. The number of aromatic nitrogens is 3. The maximum atomic E-state index is 5.88. The van der Waals surface area contributed by atoms with Gasteiger partial charge in [-0.15, -0.1) is 10.2 Å². The van der Waals surface area contributed by atoms with Gasteiger partial charge in [0.1, 0.15) is 30.4 Å². The van der Waals surface area contributed by atoms with Crippen molar-refractivity contribution < 1.29 is 14.2 Å². The van der Waals surface area contributed by atoms with Gasteiger partial charge in [0.05, 0.1) is 19.2 Å². The van der Waals surface area contributed by atoms with Crippen LogP contribution >= 0.6 is 0 Å². The van der Waals surface area contributed by atoms with Crippen LogP contribution in [0.1, 0.15) is 11.1 Å². The zero-order chi connectivity index (χ0) is 22.4. The van der Waals surface area contributed by atoms with E-state index >= 15 is 0 Å². The van der Waals surface area contributed by atoms with E-state index in [2.05, 4.69) is 58.2 Å². The van der Waals surface area contributed by atoms with Gasteiger partial charge in [-0.3, -0.25) is 0 Å². The van der Waals surface area contributed by atoms with E-state index in [0.717, 1.165) is 56.2 Å². The second-order valence-corrected chi connectivity index (χ2v) is 8.26. The third-order valence-electron chi connectivity index (χ3n) is 6.13. The molecule has 0 aromatic heterocycles. The van der Waals surface area contributed by atoms with Crippen LogP contribution < -0.4 is 14.2 Å². The van der Waals surface area contributed by atoms with E-state index in [-0.39, 0.29) is 0 Å². The van der Waals surface area contributed by atoms with Gasteiger partial charge in [-0.2, -0.15) is 0 Å². The van der Waals surface area contributed by atoms with Crippen molar-refractivity contribution in [2.24, 2.45) is 0 Å². The van der Waals surface area contributed by atoms with E-state index < -0.39 is 0 Å². The minimum Gasteiger partial charge on any atom is -0.496 e. The van der Waals surface area contributed by atoms with Crippen LogP contribution in [0.2, 0.25) is 0 Å². The van der Waals surface area contributed by atoms with Gasteiger partial charge in [-0.1, -0.05) is 48.0 Å². The van der Waals surface area contributed by atoms with E-state index in [1.165, 1.54) is 5.56 Å². The number of hydrogen-bond acceptors (Lipinski definition) is 5. The standard InChI is InChI=1S/C27H23N3O3/c1-17-7-9-18(10-8-17)26-21-16-30(15-19-5-3-4-6-23(19)31-2)22-14-25-24(32-11-12-33-25)13-20(22)27(21)29-28-26/h3-10,13-14,16H,11-12,15H2,1-2H3. The first-order valence-electron chi connectivity index (χ1n) is 11.0. The van der Waals surface area contributed by atoms with Crippen molar-refractivity contribution in [2.45, 2.75) is 13.5 Å². The summed E-state index contributed by atoms with van der Waals surface area (Å²) in [5.74, 6) is 2.35. The van der Waals surface area contributed by atoms with Crippen molar-refractivity contribution in [3.63, 3.8) is 0 Å². The Hall–Kier alpha value is -4.06. The Morgan fingerprint density at radius 2 is 1.64 bits per heavy atom. The first kappa shape index (κ1) is 19.6. The van der Waals surface area contributed by atoms with Gasteiger partial charge < -0.3 is 18.8 Å². The Morgan fingerprint density at radius 3 is 2.42 bits per heavy atom. The molecule has 0 aliphatic carbocycles. The van der Waals surface area contributed by atoms with Gasteiger partial charge in [-0.05, 0) is 19.1 Å². The number of nitrogens with zero attached hydrogens (tertiary/aromatic N) is 3. The number of rotatable bonds is 4. The molecule has 0 bridgehead atoms. The summed E-state index contributed by atoms with van der Waals surface area (Å²) in [4.78, 5) is 0. The maximum absolute atomic E-state index is 5.88. The van der Waals surface area contributed by atoms with Crippen LogP contribution in [-0.4, -0.2) is 35.1 Å². The lowest BCUT2D eigenvalue weighted by Gasteiger charge is -2.22. The molecule has 0 unspecified atom stereocenters. The lowest BCUT2D eigenvalue weighted by molar-refractivity contribution is 0.172. The maximum Gasteiger partial charge on any atom is 0.163 e. The van der Waals surface area contributed by atoms with Crippen LogP contribution in [0.25, 0.3) is 33.4 Å². The zero-order valence-corrected chi connectivity index (χ0v) is 18.5. The molecule has 3 aliphatic heterocycles. The molecule has 0 spiro atoms. The van der Waals surface area contributed by atoms with Gasteiger partial charge in [0, 0.05) is 34.3 Å². The average molecular weight is 437 g/mol. The van der Waals surface area contributed by atoms with Crippen molar-refractivity contribution in [3.05, 3.63) is 78.0 Å². The predicted octanol–water partition coefficient (Wildman–Crippen LogP) is 5.34. The molecule has 6 rings (SSSR count). The Kier molecular flexibility index (Phi) is 4.64. The van der Waals surface area contributed by atoms with Gasteiger partial charge in [0.15, 0.2) is 11.5 Å². The highest BCUT2D eigenvalue weighted by Gasteiger charge is 2.23. The van der Waals surface area contributed by atoms with Gasteiger partial charge in [0.25, 0.3) is 0 Å². The van der Waals surface area contributed by atoms with Crippen LogP contribution in [0.4, 0.5) is 0 Å². The van der Waals surface area contributed by atoms with E-state index in [1.54, 1.807) is 7.11 Å². The summed E-state index contributed by atoms with van der Waals surface area (Å²) >= 11 is 0. The number of methoxy groups -OCH3 is 1. The molecular formula is C27H23N3O3. The van der Waals surface area contributed by atoms with E-state index in [0.29, 0.717) is 19.8 Å². The third kappa shape index (κ3) is 3.35. The van der Waals surface area contributed by atoms with Gasteiger partial charge >= 0.3 is 0 Å². The molecule has 6 heteroatoms. The molecule has 33 heavy (non-hydrogen) atoms. The van der Waals surface area contributed by atoms with Crippen LogP contribution in [0, 0.1) is 6.92 Å². The minimum atomic E-state index is 0.539. The Morgan fingerprint density at radius 1 is 0.909 bits per heavy atom. The molecule has 0 saturated carbocycles. The fourth-order valence-electron chi connectivity index (χ4n) is 4.44. The van der Waals surface area contributed by atoms with Gasteiger partial charge in [-0.25, -0.2) is 0 Å². The van der Waals surface area contributed by atoms with Crippen LogP contribution in [0.5, 0.6) is 17.2 Å². The van der Waals surface area contributed by atoms with E-state index in [9.17, 15) is 0 Å². The van der Waals surface area contributed by atoms with E-state index in [4.69, 9.17) is 14.2 Å². The van der Waals surface area contributed by atoms with Crippen molar-refractivity contribution in [1.29, 1.82) is 0 Å².